The van der Waals surface area contributed by atoms with E-state index in [4.69, 9.17) is 11.6 Å². The first-order valence-corrected chi connectivity index (χ1v) is 7.68. The lowest BCUT2D eigenvalue weighted by Gasteiger charge is -2.12. The Balaban J connectivity index is 2.04. The second kappa shape index (κ2) is 5.42. The summed E-state index contributed by atoms with van der Waals surface area (Å²) in [5.74, 6) is -0.645. The molecule has 0 radical (unpaired) electrons. The Morgan fingerprint density at radius 2 is 2.28 bits per heavy atom. The molecule has 2 N–H and O–H groups in total. The van der Waals surface area contributed by atoms with E-state index in [1.54, 1.807) is 0 Å². The maximum atomic E-state index is 13.2. The van der Waals surface area contributed by atoms with Gasteiger partial charge in [-0.05, 0) is 37.6 Å². The van der Waals surface area contributed by atoms with Crippen LogP contribution in [0.2, 0.25) is 5.02 Å². The van der Waals surface area contributed by atoms with Crippen LogP contribution >= 0.6 is 11.6 Å². The summed E-state index contributed by atoms with van der Waals surface area (Å²) >= 11 is 5.53. The van der Waals surface area contributed by atoms with Gasteiger partial charge < -0.3 is 5.32 Å². The quantitative estimate of drug-likeness (QED) is 0.892. The van der Waals surface area contributed by atoms with Crippen molar-refractivity contribution < 1.29 is 12.8 Å². The minimum absolute atomic E-state index is 0.00273. The highest BCUT2D eigenvalue weighted by atomic mass is 35.5. The molecule has 0 amide bonds. The summed E-state index contributed by atoms with van der Waals surface area (Å²) in [6, 6.07) is 3.80. The second-order valence-corrected chi connectivity index (χ2v) is 6.48. The van der Waals surface area contributed by atoms with Crippen molar-refractivity contribution in [3.63, 3.8) is 0 Å². The molecule has 1 aromatic rings. The van der Waals surface area contributed by atoms with Gasteiger partial charge in [0.1, 0.15) is 5.82 Å². The van der Waals surface area contributed by atoms with Gasteiger partial charge in [0, 0.05) is 6.04 Å². The molecule has 1 atom stereocenters. The van der Waals surface area contributed by atoms with Crippen molar-refractivity contribution in [2.24, 2.45) is 0 Å². The van der Waals surface area contributed by atoms with Crippen molar-refractivity contribution in [1.82, 2.24) is 5.32 Å². The Hall–Kier alpha value is -0.850. The fraction of sp³-hybridized carbons (Fsp3) is 0.455. The summed E-state index contributed by atoms with van der Waals surface area (Å²) in [6.07, 6.45) is 1.83. The smallest absolute Gasteiger partial charge is 0.234 e. The molecule has 1 aromatic carbocycles. The average molecular weight is 293 g/mol. The molecule has 0 spiro atoms. The molecule has 1 saturated heterocycles. The summed E-state index contributed by atoms with van der Waals surface area (Å²) in [5, 5.41) is 3.07. The maximum Gasteiger partial charge on any atom is 0.234 e. The lowest BCUT2D eigenvalue weighted by Crippen LogP contribution is -2.32. The third kappa shape index (κ3) is 3.57. The second-order valence-electron chi connectivity index (χ2n) is 4.31. The third-order valence-electron chi connectivity index (χ3n) is 2.78. The lowest BCUT2D eigenvalue weighted by molar-refractivity contribution is 0.581. The Morgan fingerprint density at radius 3 is 2.89 bits per heavy atom. The van der Waals surface area contributed by atoms with Crippen LogP contribution in [0, 0.1) is 5.82 Å². The van der Waals surface area contributed by atoms with E-state index in [1.807, 2.05) is 0 Å². The zero-order chi connectivity index (χ0) is 13.2. The monoisotopic (exact) mass is 292 g/mol. The number of hydrogen-bond donors (Lipinski definition) is 2. The maximum absolute atomic E-state index is 13.2. The van der Waals surface area contributed by atoms with Gasteiger partial charge in [-0.25, -0.2) is 12.8 Å². The zero-order valence-corrected chi connectivity index (χ0v) is 11.2. The van der Waals surface area contributed by atoms with Gasteiger partial charge in [0.25, 0.3) is 0 Å². The Labute approximate surface area is 111 Å². The number of halogens is 2. The molecular formula is C11H14ClFN2O2S. The number of benzene rings is 1. The van der Waals surface area contributed by atoms with E-state index in [9.17, 15) is 12.8 Å². The molecule has 0 aromatic heterocycles. The van der Waals surface area contributed by atoms with Crippen LogP contribution in [-0.4, -0.2) is 26.8 Å². The molecule has 0 saturated carbocycles. The van der Waals surface area contributed by atoms with Crippen LogP contribution in [0.15, 0.2) is 18.2 Å². The fourth-order valence-electron chi connectivity index (χ4n) is 1.94. The molecule has 100 valence electrons. The first-order valence-electron chi connectivity index (χ1n) is 5.65. The summed E-state index contributed by atoms with van der Waals surface area (Å²) in [5.41, 5.74) is 0.190. The standard InChI is InChI=1S/C11H14ClFN2O2S/c12-10-4-3-8(6-11(10)13)15-18(16,17)7-9-2-1-5-14-9/h3-4,6,9,14-15H,1-2,5,7H2. The van der Waals surface area contributed by atoms with Gasteiger partial charge >= 0.3 is 0 Å². The summed E-state index contributed by atoms with van der Waals surface area (Å²) in [7, 11) is -3.47. The first kappa shape index (κ1) is 13.6. The van der Waals surface area contributed by atoms with Crippen LogP contribution in [0.25, 0.3) is 0 Å². The molecule has 1 unspecified atom stereocenters. The highest BCUT2D eigenvalue weighted by molar-refractivity contribution is 7.92. The van der Waals surface area contributed by atoms with Crippen LogP contribution in [0.3, 0.4) is 0 Å². The summed E-state index contributed by atoms with van der Waals surface area (Å²) in [6.45, 7) is 0.843. The number of hydrogen-bond acceptors (Lipinski definition) is 3. The fourth-order valence-corrected chi connectivity index (χ4v) is 3.45. The number of rotatable bonds is 4. The highest BCUT2D eigenvalue weighted by Gasteiger charge is 2.22. The zero-order valence-electron chi connectivity index (χ0n) is 9.62. The van der Waals surface area contributed by atoms with E-state index in [2.05, 4.69) is 10.0 Å². The lowest BCUT2D eigenvalue weighted by atomic mass is 10.3. The van der Waals surface area contributed by atoms with E-state index in [0.29, 0.717) is 0 Å². The van der Waals surface area contributed by atoms with Gasteiger partial charge in [0.05, 0.1) is 16.5 Å². The Kier molecular flexibility index (Phi) is 4.09. The van der Waals surface area contributed by atoms with Crippen molar-refractivity contribution >= 4 is 27.3 Å². The molecule has 18 heavy (non-hydrogen) atoms. The summed E-state index contributed by atoms with van der Waals surface area (Å²) in [4.78, 5) is 0. The van der Waals surface area contributed by atoms with Crippen LogP contribution < -0.4 is 10.0 Å². The minimum Gasteiger partial charge on any atom is -0.313 e. The minimum atomic E-state index is -3.47. The van der Waals surface area contributed by atoms with Crippen molar-refractivity contribution in [2.75, 3.05) is 17.0 Å². The van der Waals surface area contributed by atoms with E-state index in [0.717, 1.165) is 25.5 Å². The highest BCUT2D eigenvalue weighted by Crippen LogP contribution is 2.20. The molecule has 0 aliphatic carbocycles. The molecule has 1 aliphatic rings. The van der Waals surface area contributed by atoms with Crippen LogP contribution in [0.5, 0.6) is 0 Å². The van der Waals surface area contributed by atoms with Crippen LogP contribution in [-0.2, 0) is 10.0 Å². The van der Waals surface area contributed by atoms with E-state index in [-0.39, 0.29) is 22.5 Å². The van der Waals surface area contributed by atoms with Crippen molar-refractivity contribution in [3.8, 4) is 0 Å². The number of nitrogens with one attached hydrogen (secondary N) is 2. The Morgan fingerprint density at radius 1 is 1.50 bits per heavy atom. The van der Waals surface area contributed by atoms with Crippen molar-refractivity contribution in [3.05, 3.63) is 29.0 Å². The van der Waals surface area contributed by atoms with Crippen molar-refractivity contribution in [2.45, 2.75) is 18.9 Å². The number of sulfonamides is 1. The molecular weight excluding hydrogens is 279 g/mol. The predicted octanol–water partition coefficient (Wildman–Crippen LogP) is 1.97. The average Bonchev–Trinajstić information content (AvgIpc) is 2.75. The van der Waals surface area contributed by atoms with Gasteiger partial charge in [0.2, 0.25) is 10.0 Å². The topological polar surface area (TPSA) is 58.2 Å². The third-order valence-corrected chi connectivity index (χ3v) is 4.47. The van der Waals surface area contributed by atoms with Gasteiger partial charge in [-0.1, -0.05) is 11.6 Å². The molecule has 0 bridgehead atoms. The van der Waals surface area contributed by atoms with E-state index < -0.39 is 15.8 Å². The molecule has 7 heteroatoms. The van der Waals surface area contributed by atoms with Gasteiger partial charge in [0.15, 0.2) is 0 Å². The predicted molar refractivity (Wildman–Crippen MR) is 69.8 cm³/mol. The molecule has 4 nitrogen and oxygen atoms in total. The molecule has 1 heterocycles. The van der Waals surface area contributed by atoms with E-state index >= 15 is 0 Å². The van der Waals surface area contributed by atoms with Gasteiger partial charge in [-0.15, -0.1) is 0 Å². The normalized spacial score (nSPS) is 20.0. The van der Waals surface area contributed by atoms with Gasteiger partial charge in [-0.3, -0.25) is 4.72 Å². The first-order chi connectivity index (χ1) is 8.46. The Bertz CT molecular complexity index is 530. The molecule has 1 fully saturated rings. The summed E-state index contributed by atoms with van der Waals surface area (Å²) < 4.78 is 39.2. The van der Waals surface area contributed by atoms with Gasteiger partial charge in [-0.2, -0.15) is 0 Å². The SMILES string of the molecule is O=S(=O)(CC1CCCN1)Nc1ccc(Cl)c(F)c1. The molecule has 2 rings (SSSR count). The van der Waals surface area contributed by atoms with Crippen molar-refractivity contribution in [1.29, 1.82) is 0 Å². The van der Waals surface area contributed by atoms with Crippen LogP contribution in [0.4, 0.5) is 10.1 Å². The number of anilines is 1. The largest absolute Gasteiger partial charge is 0.313 e. The molecule has 1 aliphatic heterocycles. The van der Waals surface area contributed by atoms with Crippen LogP contribution in [0.1, 0.15) is 12.8 Å². The van der Waals surface area contributed by atoms with E-state index in [1.165, 1.54) is 12.1 Å².